The number of benzene rings is 2. The number of carbonyl (C=O) groups is 3. The summed E-state index contributed by atoms with van der Waals surface area (Å²) < 4.78 is 23.2. The van der Waals surface area contributed by atoms with Crippen LogP contribution in [0.5, 0.6) is 11.5 Å². The topological polar surface area (TPSA) is 105 Å². The summed E-state index contributed by atoms with van der Waals surface area (Å²) in [6.07, 6.45) is 0.0925. The summed E-state index contributed by atoms with van der Waals surface area (Å²) in [5.41, 5.74) is 1.30. The van der Waals surface area contributed by atoms with E-state index in [4.69, 9.17) is 14.2 Å². The molecule has 0 fully saturated rings. The van der Waals surface area contributed by atoms with E-state index in [2.05, 4.69) is 9.73 Å². The number of aryl methyl sites for hydroxylation is 1. The number of aromatic nitrogens is 1. The number of methoxy groups -OCH3 is 3. The summed E-state index contributed by atoms with van der Waals surface area (Å²) >= 11 is 1.25. The van der Waals surface area contributed by atoms with Crippen LogP contribution in [-0.2, 0) is 20.8 Å². The van der Waals surface area contributed by atoms with Crippen molar-refractivity contribution in [2.24, 2.45) is 4.99 Å². The second kappa shape index (κ2) is 10.8. The summed E-state index contributed by atoms with van der Waals surface area (Å²) in [6.45, 7) is 2.25. The third kappa shape index (κ3) is 5.23. The number of esters is 2. The molecule has 0 aliphatic carbocycles. The number of hydrogen-bond donors (Lipinski definition) is 0. The number of rotatable bonds is 8. The van der Waals surface area contributed by atoms with Gasteiger partial charge in [-0.1, -0.05) is 11.3 Å². The fraction of sp³-hybridized carbons (Fsp3) is 0.304. The molecule has 0 atom stereocenters. The molecule has 1 heterocycles. The standard InChI is InChI=1S/C23H24N2O7S/c1-5-32-18(26)12-13-25-19-16(29-2)10-11-17(30-3)20(19)33-23(25)24-21(27)14-6-8-15(9-7-14)22(28)31-4/h6-11H,5,12-13H2,1-4H3. The minimum atomic E-state index is -0.499. The van der Waals surface area contributed by atoms with Gasteiger partial charge in [0.1, 0.15) is 21.7 Å². The van der Waals surface area contributed by atoms with Crippen molar-refractivity contribution in [3.63, 3.8) is 0 Å². The molecule has 0 aliphatic heterocycles. The van der Waals surface area contributed by atoms with Crippen molar-refractivity contribution < 1.29 is 33.3 Å². The van der Waals surface area contributed by atoms with Crippen LogP contribution >= 0.6 is 11.3 Å². The first-order valence-electron chi connectivity index (χ1n) is 10.1. The molecular weight excluding hydrogens is 448 g/mol. The number of hydrogen-bond acceptors (Lipinski definition) is 8. The van der Waals surface area contributed by atoms with Crippen LogP contribution in [0, 0.1) is 0 Å². The molecule has 0 aliphatic rings. The fourth-order valence-electron chi connectivity index (χ4n) is 3.20. The van der Waals surface area contributed by atoms with E-state index in [1.165, 1.54) is 42.7 Å². The summed E-state index contributed by atoms with van der Waals surface area (Å²) in [6, 6.07) is 9.54. The second-order valence-electron chi connectivity index (χ2n) is 6.72. The van der Waals surface area contributed by atoms with Gasteiger partial charge in [0.25, 0.3) is 5.91 Å². The molecular formula is C23H24N2O7S. The summed E-state index contributed by atoms with van der Waals surface area (Å²) in [4.78, 5) is 41.2. The van der Waals surface area contributed by atoms with Crippen molar-refractivity contribution in [3.05, 3.63) is 52.3 Å². The van der Waals surface area contributed by atoms with Gasteiger partial charge in [-0.05, 0) is 43.3 Å². The maximum Gasteiger partial charge on any atom is 0.337 e. The Kier molecular flexibility index (Phi) is 7.83. The highest BCUT2D eigenvalue weighted by Crippen LogP contribution is 2.35. The van der Waals surface area contributed by atoms with Crippen LogP contribution in [0.25, 0.3) is 10.2 Å². The zero-order valence-electron chi connectivity index (χ0n) is 18.7. The predicted octanol–water partition coefficient (Wildman–Crippen LogP) is 3.20. The molecule has 1 amide bonds. The maximum atomic E-state index is 12.9. The fourth-order valence-corrected chi connectivity index (χ4v) is 4.36. The van der Waals surface area contributed by atoms with E-state index < -0.39 is 11.9 Å². The van der Waals surface area contributed by atoms with E-state index in [0.717, 1.165) is 4.70 Å². The van der Waals surface area contributed by atoms with Crippen molar-refractivity contribution in [2.75, 3.05) is 27.9 Å². The summed E-state index contributed by atoms with van der Waals surface area (Å²) in [5, 5.41) is 0. The van der Waals surface area contributed by atoms with Crippen molar-refractivity contribution in [1.29, 1.82) is 0 Å². The lowest BCUT2D eigenvalue weighted by atomic mass is 10.1. The number of amides is 1. The van der Waals surface area contributed by atoms with Crippen LogP contribution in [0.4, 0.5) is 0 Å². The van der Waals surface area contributed by atoms with E-state index in [-0.39, 0.29) is 25.5 Å². The van der Waals surface area contributed by atoms with Gasteiger partial charge in [-0.3, -0.25) is 9.59 Å². The highest BCUT2D eigenvalue weighted by molar-refractivity contribution is 7.16. The number of carbonyl (C=O) groups excluding carboxylic acids is 3. The van der Waals surface area contributed by atoms with Gasteiger partial charge in [0.15, 0.2) is 4.80 Å². The van der Waals surface area contributed by atoms with Crippen LogP contribution in [0.1, 0.15) is 34.1 Å². The van der Waals surface area contributed by atoms with E-state index in [9.17, 15) is 14.4 Å². The third-order valence-corrected chi connectivity index (χ3v) is 5.88. The van der Waals surface area contributed by atoms with Gasteiger partial charge in [0.2, 0.25) is 0 Å². The van der Waals surface area contributed by atoms with Crippen LogP contribution in [0.15, 0.2) is 41.4 Å². The second-order valence-corrected chi connectivity index (χ2v) is 7.70. The number of fused-ring (bicyclic) bond motifs is 1. The summed E-state index contributed by atoms with van der Waals surface area (Å²) in [5.74, 6) is -0.201. The average molecular weight is 473 g/mol. The Labute approximate surface area is 194 Å². The number of ether oxygens (including phenoxy) is 4. The van der Waals surface area contributed by atoms with Crippen LogP contribution in [0.2, 0.25) is 0 Å². The lowest BCUT2D eigenvalue weighted by molar-refractivity contribution is -0.143. The van der Waals surface area contributed by atoms with Crippen molar-refractivity contribution >= 4 is 39.4 Å². The monoisotopic (exact) mass is 472 g/mol. The number of nitrogens with zero attached hydrogens (tertiary/aromatic N) is 2. The molecule has 0 spiro atoms. The average Bonchev–Trinajstić information content (AvgIpc) is 3.19. The lowest BCUT2D eigenvalue weighted by Gasteiger charge is -2.10. The van der Waals surface area contributed by atoms with Gasteiger partial charge in [0.05, 0.1) is 39.9 Å². The van der Waals surface area contributed by atoms with E-state index in [1.807, 2.05) is 0 Å². The summed E-state index contributed by atoms with van der Waals surface area (Å²) in [7, 11) is 4.38. The Morgan fingerprint density at radius 2 is 1.58 bits per heavy atom. The van der Waals surface area contributed by atoms with E-state index in [0.29, 0.717) is 32.9 Å². The molecule has 10 heteroatoms. The first kappa shape index (κ1) is 24.0. The van der Waals surface area contributed by atoms with E-state index in [1.54, 1.807) is 37.8 Å². The molecule has 3 rings (SSSR count). The Morgan fingerprint density at radius 1 is 0.939 bits per heavy atom. The number of thiazole rings is 1. The molecule has 33 heavy (non-hydrogen) atoms. The van der Waals surface area contributed by atoms with Gasteiger partial charge < -0.3 is 23.5 Å². The molecule has 9 nitrogen and oxygen atoms in total. The minimum absolute atomic E-state index is 0.0925. The predicted molar refractivity (Wildman–Crippen MR) is 122 cm³/mol. The van der Waals surface area contributed by atoms with Crippen molar-refractivity contribution in [3.8, 4) is 11.5 Å². The SMILES string of the molecule is CCOC(=O)CCn1c(=NC(=O)c2ccc(C(=O)OC)cc2)sc2c(OC)ccc(OC)c21. The molecule has 0 unspecified atom stereocenters. The zero-order chi connectivity index (χ0) is 24.0. The molecule has 0 radical (unpaired) electrons. The van der Waals surface area contributed by atoms with Gasteiger partial charge >= 0.3 is 11.9 Å². The van der Waals surface area contributed by atoms with E-state index >= 15 is 0 Å². The van der Waals surface area contributed by atoms with Crippen LogP contribution < -0.4 is 14.3 Å². The Balaban J connectivity index is 2.10. The van der Waals surface area contributed by atoms with Crippen LogP contribution in [0.3, 0.4) is 0 Å². The van der Waals surface area contributed by atoms with Gasteiger partial charge in [-0.2, -0.15) is 4.99 Å². The van der Waals surface area contributed by atoms with Crippen molar-refractivity contribution in [1.82, 2.24) is 4.57 Å². The Morgan fingerprint density at radius 3 is 2.18 bits per heavy atom. The Bertz CT molecular complexity index is 1240. The smallest absolute Gasteiger partial charge is 0.337 e. The zero-order valence-corrected chi connectivity index (χ0v) is 19.6. The third-order valence-electron chi connectivity index (χ3n) is 4.79. The highest BCUT2D eigenvalue weighted by atomic mass is 32.1. The van der Waals surface area contributed by atoms with Crippen molar-refractivity contribution in [2.45, 2.75) is 19.9 Å². The first-order chi connectivity index (χ1) is 15.9. The molecule has 3 aromatic rings. The molecule has 0 bridgehead atoms. The molecule has 0 saturated carbocycles. The minimum Gasteiger partial charge on any atom is -0.495 e. The maximum absolute atomic E-state index is 12.9. The normalized spacial score (nSPS) is 11.3. The van der Waals surface area contributed by atoms with Gasteiger partial charge in [-0.15, -0.1) is 0 Å². The quantitative estimate of drug-likeness (QED) is 0.464. The van der Waals surface area contributed by atoms with Gasteiger partial charge in [-0.25, -0.2) is 4.79 Å². The molecule has 174 valence electrons. The highest BCUT2D eigenvalue weighted by Gasteiger charge is 2.18. The lowest BCUT2D eigenvalue weighted by Crippen LogP contribution is -2.20. The first-order valence-corrected chi connectivity index (χ1v) is 10.9. The largest absolute Gasteiger partial charge is 0.495 e. The molecule has 1 aromatic heterocycles. The molecule has 2 aromatic carbocycles. The van der Waals surface area contributed by atoms with Crippen LogP contribution in [-0.4, -0.2) is 50.3 Å². The molecule has 0 N–H and O–H groups in total. The van der Waals surface area contributed by atoms with Gasteiger partial charge in [0, 0.05) is 12.1 Å². The Hall–Kier alpha value is -3.66. The molecule has 0 saturated heterocycles.